The molecule has 88 valence electrons. The van der Waals surface area contributed by atoms with E-state index < -0.39 is 0 Å². The molecule has 0 aliphatic carbocycles. The standard InChI is InChI=1S/C11H12ClN5/c12-9-6-10(17-11(13)16-9)15-5-3-8-2-1-4-14-7-8/h1-2,4,6-7H,3,5H2,(H3,13,15,16,17). The van der Waals surface area contributed by atoms with Crippen LogP contribution in [0.1, 0.15) is 5.56 Å². The van der Waals surface area contributed by atoms with Gasteiger partial charge in [0, 0.05) is 25.0 Å². The molecule has 0 saturated carbocycles. The molecular weight excluding hydrogens is 238 g/mol. The maximum absolute atomic E-state index is 5.76. The summed E-state index contributed by atoms with van der Waals surface area (Å²) in [5, 5.41) is 3.47. The highest BCUT2D eigenvalue weighted by Crippen LogP contribution is 2.12. The third kappa shape index (κ3) is 3.57. The average Bonchev–Trinajstić information content (AvgIpc) is 2.29. The maximum Gasteiger partial charge on any atom is 0.223 e. The second-order valence-corrected chi connectivity index (χ2v) is 3.86. The highest BCUT2D eigenvalue weighted by Gasteiger charge is 1.99. The van der Waals surface area contributed by atoms with Crippen LogP contribution in [0, 0.1) is 0 Å². The lowest BCUT2D eigenvalue weighted by Gasteiger charge is -2.06. The lowest BCUT2D eigenvalue weighted by Crippen LogP contribution is -2.08. The van der Waals surface area contributed by atoms with Crippen LogP contribution < -0.4 is 11.1 Å². The number of pyridine rings is 1. The molecule has 3 N–H and O–H groups in total. The first-order valence-electron chi connectivity index (χ1n) is 5.17. The van der Waals surface area contributed by atoms with Gasteiger partial charge in [0.15, 0.2) is 0 Å². The Morgan fingerprint density at radius 3 is 2.94 bits per heavy atom. The van der Waals surface area contributed by atoms with Gasteiger partial charge < -0.3 is 11.1 Å². The largest absolute Gasteiger partial charge is 0.370 e. The Kier molecular flexibility index (Phi) is 3.72. The van der Waals surface area contributed by atoms with Gasteiger partial charge in [0.2, 0.25) is 5.95 Å². The minimum atomic E-state index is 0.168. The zero-order valence-corrected chi connectivity index (χ0v) is 9.85. The van der Waals surface area contributed by atoms with Crippen molar-refractivity contribution in [2.75, 3.05) is 17.6 Å². The average molecular weight is 250 g/mol. The lowest BCUT2D eigenvalue weighted by atomic mass is 10.2. The van der Waals surface area contributed by atoms with Crippen LogP contribution in [0.5, 0.6) is 0 Å². The van der Waals surface area contributed by atoms with Crippen LogP contribution in [-0.4, -0.2) is 21.5 Å². The molecule has 0 aromatic carbocycles. The molecule has 0 spiro atoms. The molecular formula is C11H12ClN5. The molecule has 2 aromatic rings. The first-order valence-corrected chi connectivity index (χ1v) is 5.54. The van der Waals surface area contributed by atoms with Gasteiger partial charge in [-0.05, 0) is 18.1 Å². The zero-order chi connectivity index (χ0) is 12.1. The number of hydrogen-bond acceptors (Lipinski definition) is 5. The molecule has 0 amide bonds. The topological polar surface area (TPSA) is 76.7 Å². The van der Waals surface area contributed by atoms with Crippen LogP contribution in [-0.2, 0) is 6.42 Å². The summed E-state index contributed by atoms with van der Waals surface area (Å²) < 4.78 is 0. The number of anilines is 2. The van der Waals surface area contributed by atoms with E-state index in [-0.39, 0.29) is 5.95 Å². The fraction of sp³-hybridized carbons (Fsp3) is 0.182. The molecule has 0 aliphatic heterocycles. The van der Waals surface area contributed by atoms with Crippen molar-refractivity contribution >= 4 is 23.4 Å². The number of nitrogens with two attached hydrogens (primary N) is 1. The van der Waals surface area contributed by atoms with Gasteiger partial charge >= 0.3 is 0 Å². The quantitative estimate of drug-likeness (QED) is 0.808. The Morgan fingerprint density at radius 1 is 1.35 bits per heavy atom. The highest BCUT2D eigenvalue weighted by molar-refractivity contribution is 6.29. The Morgan fingerprint density at radius 2 is 2.24 bits per heavy atom. The summed E-state index contributed by atoms with van der Waals surface area (Å²) in [6.07, 6.45) is 4.44. The number of hydrogen-bond donors (Lipinski definition) is 2. The fourth-order valence-electron chi connectivity index (χ4n) is 1.41. The Labute approximate surface area is 104 Å². The molecule has 2 aromatic heterocycles. The molecule has 0 fully saturated rings. The molecule has 2 rings (SSSR count). The minimum absolute atomic E-state index is 0.168. The third-order valence-electron chi connectivity index (χ3n) is 2.15. The lowest BCUT2D eigenvalue weighted by molar-refractivity contribution is 0.990. The number of nitrogens with one attached hydrogen (secondary N) is 1. The summed E-state index contributed by atoms with van der Waals surface area (Å²) in [5.41, 5.74) is 6.65. The first kappa shape index (κ1) is 11.6. The van der Waals surface area contributed by atoms with Crippen LogP contribution in [0.3, 0.4) is 0 Å². The van der Waals surface area contributed by atoms with Crippen LogP contribution in [0.15, 0.2) is 30.6 Å². The van der Waals surface area contributed by atoms with E-state index in [0.29, 0.717) is 11.0 Å². The molecule has 0 radical (unpaired) electrons. The van der Waals surface area contributed by atoms with Crippen molar-refractivity contribution in [3.63, 3.8) is 0 Å². The fourth-order valence-corrected chi connectivity index (χ4v) is 1.60. The molecule has 0 saturated heterocycles. The summed E-state index contributed by atoms with van der Waals surface area (Å²) in [7, 11) is 0. The van der Waals surface area contributed by atoms with Gasteiger partial charge in [-0.2, -0.15) is 4.98 Å². The molecule has 5 nitrogen and oxygen atoms in total. The number of nitrogens with zero attached hydrogens (tertiary/aromatic N) is 3. The van der Waals surface area contributed by atoms with E-state index in [1.807, 2.05) is 18.3 Å². The van der Waals surface area contributed by atoms with Crippen LogP contribution in [0.25, 0.3) is 0 Å². The van der Waals surface area contributed by atoms with Gasteiger partial charge in [-0.15, -0.1) is 0 Å². The van der Waals surface area contributed by atoms with E-state index in [4.69, 9.17) is 17.3 Å². The SMILES string of the molecule is Nc1nc(Cl)cc(NCCc2cccnc2)n1. The molecule has 6 heteroatoms. The van der Waals surface area contributed by atoms with Crippen LogP contribution in [0.2, 0.25) is 5.15 Å². The minimum Gasteiger partial charge on any atom is -0.370 e. The van der Waals surface area contributed by atoms with E-state index in [1.165, 1.54) is 0 Å². The summed E-state index contributed by atoms with van der Waals surface area (Å²) in [5.74, 6) is 0.799. The Bertz CT molecular complexity index is 468. The summed E-state index contributed by atoms with van der Waals surface area (Å²) in [6.45, 7) is 0.735. The molecule has 0 unspecified atom stereocenters. The number of rotatable bonds is 4. The van der Waals surface area contributed by atoms with Crippen molar-refractivity contribution in [3.8, 4) is 0 Å². The zero-order valence-electron chi connectivity index (χ0n) is 9.10. The van der Waals surface area contributed by atoms with Gasteiger partial charge in [-0.25, -0.2) is 4.98 Å². The van der Waals surface area contributed by atoms with E-state index >= 15 is 0 Å². The maximum atomic E-state index is 5.76. The molecule has 2 heterocycles. The Balaban J connectivity index is 1.90. The normalized spacial score (nSPS) is 10.2. The van der Waals surface area contributed by atoms with E-state index in [2.05, 4.69) is 20.3 Å². The summed E-state index contributed by atoms with van der Waals surface area (Å²) >= 11 is 5.76. The Hall–Kier alpha value is -1.88. The number of aromatic nitrogens is 3. The third-order valence-corrected chi connectivity index (χ3v) is 2.35. The van der Waals surface area contributed by atoms with Gasteiger partial charge in [0.1, 0.15) is 11.0 Å². The van der Waals surface area contributed by atoms with Gasteiger partial charge in [0.05, 0.1) is 0 Å². The molecule has 0 aliphatic rings. The van der Waals surface area contributed by atoms with E-state index in [9.17, 15) is 0 Å². The molecule has 0 bridgehead atoms. The predicted molar refractivity (Wildman–Crippen MR) is 67.9 cm³/mol. The number of halogens is 1. The van der Waals surface area contributed by atoms with Crippen molar-refractivity contribution in [2.45, 2.75) is 6.42 Å². The van der Waals surface area contributed by atoms with Crippen molar-refractivity contribution in [1.29, 1.82) is 0 Å². The second-order valence-electron chi connectivity index (χ2n) is 3.47. The van der Waals surface area contributed by atoms with Gasteiger partial charge in [0.25, 0.3) is 0 Å². The summed E-state index contributed by atoms with van der Waals surface area (Å²) in [6, 6.07) is 5.58. The molecule has 0 atom stereocenters. The van der Waals surface area contributed by atoms with Crippen LogP contribution in [0.4, 0.5) is 11.8 Å². The molecule has 17 heavy (non-hydrogen) atoms. The van der Waals surface area contributed by atoms with Crippen molar-refractivity contribution in [1.82, 2.24) is 15.0 Å². The predicted octanol–water partition coefficient (Wildman–Crippen LogP) is 1.76. The van der Waals surface area contributed by atoms with Crippen molar-refractivity contribution in [3.05, 3.63) is 41.3 Å². The van der Waals surface area contributed by atoms with Crippen molar-refractivity contribution < 1.29 is 0 Å². The van der Waals surface area contributed by atoms with E-state index in [1.54, 1.807) is 12.3 Å². The first-order chi connectivity index (χ1) is 8.24. The van der Waals surface area contributed by atoms with Gasteiger partial charge in [-0.1, -0.05) is 17.7 Å². The highest BCUT2D eigenvalue weighted by atomic mass is 35.5. The van der Waals surface area contributed by atoms with E-state index in [0.717, 1.165) is 18.5 Å². The van der Waals surface area contributed by atoms with Gasteiger partial charge in [-0.3, -0.25) is 4.98 Å². The van der Waals surface area contributed by atoms with Crippen molar-refractivity contribution in [2.24, 2.45) is 0 Å². The monoisotopic (exact) mass is 249 g/mol. The summed E-state index contributed by atoms with van der Waals surface area (Å²) in [4.78, 5) is 11.8. The number of nitrogen functional groups attached to an aromatic ring is 1. The second kappa shape index (κ2) is 5.45. The smallest absolute Gasteiger partial charge is 0.223 e. The van der Waals surface area contributed by atoms with Crippen LogP contribution >= 0.6 is 11.6 Å².